The van der Waals surface area contributed by atoms with Crippen LogP contribution in [0, 0.1) is 5.92 Å². The van der Waals surface area contributed by atoms with Crippen LogP contribution in [0.2, 0.25) is 0 Å². The first kappa shape index (κ1) is 11.9. The van der Waals surface area contributed by atoms with Crippen molar-refractivity contribution in [1.29, 1.82) is 0 Å². The third-order valence-electron chi connectivity index (χ3n) is 3.45. The van der Waals surface area contributed by atoms with Crippen LogP contribution in [0.3, 0.4) is 0 Å². The average Bonchev–Trinajstić information content (AvgIpc) is 2.61. The fraction of sp³-hybridized carbons (Fsp3) is 0.917. The van der Waals surface area contributed by atoms with Gasteiger partial charge in [0.25, 0.3) is 0 Å². The molecular formula is C12H23N3O. The van der Waals surface area contributed by atoms with Gasteiger partial charge in [-0.25, -0.2) is 0 Å². The number of nitrogens with one attached hydrogen (secondary N) is 1. The Morgan fingerprint density at radius 3 is 2.62 bits per heavy atom. The van der Waals surface area contributed by atoms with E-state index in [2.05, 4.69) is 24.1 Å². The first-order chi connectivity index (χ1) is 7.68. The molecule has 0 spiro atoms. The summed E-state index contributed by atoms with van der Waals surface area (Å²) in [6, 6.07) is 0.167. The molecule has 2 heterocycles. The summed E-state index contributed by atoms with van der Waals surface area (Å²) in [5.74, 6) is 0.932. The SMILES string of the molecule is CC(C)CN1CCC(N2CCNCC2)C1=O. The maximum atomic E-state index is 12.2. The molecule has 2 aliphatic heterocycles. The second-order valence-electron chi connectivity index (χ2n) is 5.27. The zero-order valence-corrected chi connectivity index (χ0v) is 10.4. The predicted octanol–water partition coefficient (Wildman–Crippen LogP) is 0.149. The van der Waals surface area contributed by atoms with Gasteiger partial charge in [0.2, 0.25) is 5.91 Å². The van der Waals surface area contributed by atoms with Crippen molar-refractivity contribution in [2.45, 2.75) is 26.3 Å². The van der Waals surface area contributed by atoms with E-state index in [1.54, 1.807) is 0 Å². The number of hydrogen-bond acceptors (Lipinski definition) is 3. The number of rotatable bonds is 3. The van der Waals surface area contributed by atoms with Gasteiger partial charge in [-0.1, -0.05) is 13.8 Å². The fourth-order valence-electron chi connectivity index (χ4n) is 2.68. The van der Waals surface area contributed by atoms with Crippen LogP contribution in [0.4, 0.5) is 0 Å². The normalized spacial score (nSPS) is 28.1. The minimum absolute atomic E-state index is 0.167. The summed E-state index contributed by atoms with van der Waals surface area (Å²) in [4.78, 5) is 16.6. The Hall–Kier alpha value is -0.610. The molecule has 0 aromatic carbocycles. The molecule has 0 saturated carbocycles. The van der Waals surface area contributed by atoms with Crippen LogP contribution in [-0.4, -0.2) is 61.0 Å². The van der Waals surface area contributed by atoms with Crippen LogP contribution in [0.25, 0.3) is 0 Å². The Morgan fingerprint density at radius 2 is 2.00 bits per heavy atom. The second kappa shape index (κ2) is 5.15. The molecule has 1 unspecified atom stereocenters. The first-order valence-corrected chi connectivity index (χ1v) is 6.42. The van der Waals surface area contributed by atoms with Gasteiger partial charge in [-0.05, 0) is 12.3 Å². The topological polar surface area (TPSA) is 35.6 Å². The number of piperazine rings is 1. The molecule has 4 heteroatoms. The molecule has 0 aliphatic carbocycles. The molecule has 2 rings (SSSR count). The maximum Gasteiger partial charge on any atom is 0.240 e. The minimum atomic E-state index is 0.167. The zero-order valence-electron chi connectivity index (χ0n) is 10.4. The fourth-order valence-corrected chi connectivity index (χ4v) is 2.68. The van der Waals surface area contributed by atoms with Crippen LogP contribution in [0.15, 0.2) is 0 Å². The molecule has 4 nitrogen and oxygen atoms in total. The highest BCUT2D eigenvalue weighted by Gasteiger charge is 2.36. The highest BCUT2D eigenvalue weighted by molar-refractivity contribution is 5.84. The lowest BCUT2D eigenvalue weighted by molar-refractivity contribution is -0.132. The first-order valence-electron chi connectivity index (χ1n) is 6.42. The van der Waals surface area contributed by atoms with Crippen molar-refractivity contribution in [3.63, 3.8) is 0 Å². The highest BCUT2D eigenvalue weighted by Crippen LogP contribution is 2.18. The molecule has 16 heavy (non-hydrogen) atoms. The Bertz CT molecular complexity index is 249. The number of likely N-dealkylation sites (tertiary alicyclic amines) is 1. The summed E-state index contributed by atoms with van der Waals surface area (Å²) in [6.45, 7) is 10.3. The average molecular weight is 225 g/mol. The van der Waals surface area contributed by atoms with Gasteiger partial charge >= 0.3 is 0 Å². The lowest BCUT2D eigenvalue weighted by atomic mass is 10.2. The molecule has 0 bridgehead atoms. The summed E-state index contributed by atoms with van der Waals surface area (Å²) in [7, 11) is 0. The summed E-state index contributed by atoms with van der Waals surface area (Å²) in [5.41, 5.74) is 0. The van der Waals surface area contributed by atoms with Gasteiger partial charge in [0.1, 0.15) is 0 Å². The molecule has 0 aromatic rings. The summed E-state index contributed by atoms with van der Waals surface area (Å²) >= 11 is 0. The van der Waals surface area contributed by atoms with Gasteiger partial charge in [0.15, 0.2) is 0 Å². The largest absolute Gasteiger partial charge is 0.341 e. The van der Waals surface area contributed by atoms with Gasteiger partial charge in [-0.2, -0.15) is 0 Å². The lowest BCUT2D eigenvalue weighted by Crippen LogP contribution is -2.51. The van der Waals surface area contributed by atoms with Crippen LogP contribution in [-0.2, 0) is 4.79 Å². The zero-order chi connectivity index (χ0) is 11.5. The number of carbonyl (C=O) groups excluding carboxylic acids is 1. The summed E-state index contributed by atoms with van der Waals surface area (Å²) in [6.07, 6.45) is 1.02. The number of carbonyl (C=O) groups is 1. The Morgan fingerprint density at radius 1 is 1.31 bits per heavy atom. The van der Waals surface area contributed by atoms with Gasteiger partial charge in [0, 0.05) is 39.3 Å². The molecular weight excluding hydrogens is 202 g/mol. The Kier molecular flexibility index (Phi) is 3.82. The van der Waals surface area contributed by atoms with Crippen molar-refractivity contribution in [2.24, 2.45) is 5.92 Å². The number of hydrogen-bond donors (Lipinski definition) is 1. The molecule has 2 saturated heterocycles. The van der Waals surface area contributed by atoms with Crippen molar-refractivity contribution < 1.29 is 4.79 Å². The Balaban J connectivity index is 1.90. The van der Waals surface area contributed by atoms with E-state index in [1.165, 1.54) is 0 Å². The molecule has 0 aromatic heterocycles. The van der Waals surface area contributed by atoms with Crippen molar-refractivity contribution in [2.75, 3.05) is 39.3 Å². The molecule has 1 N–H and O–H groups in total. The smallest absolute Gasteiger partial charge is 0.240 e. The van der Waals surface area contributed by atoms with E-state index in [1.807, 2.05) is 4.90 Å². The molecule has 1 amide bonds. The monoisotopic (exact) mass is 225 g/mol. The van der Waals surface area contributed by atoms with E-state index in [9.17, 15) is 4.79 Å². The van der Waals surface area contributed by atoms with Crippen molar-refractivity contribution in [3.8, 4) is 0 Å². The molecule has 2 aliphatic rings. The molecule has 0 radical (unpaired) electrons. The summed E-state index contributed by atoms with van der Waals surface area (Å²) < 4.78 is 0. The van der Waals surface area contributed by atoms with E-state index in [0.29, 0.717) is 11.8 Å². The third-order valence-corrected chi connectivity index (χ3v) is 3.45. The number of nitrogens with zero attached hydrogens (tertiary/aromatic N) is 2. The van der Waals surface area contributed by atoms with Crippen LogP contribution < -0.4 is 5.32 Å². The van der Waals surface area contributed by atoms with Crippen molar-refractivity contribution >= 4 is 5.91 Å². The Labute approximate surface area is 98.0 Å². The van der Waals surface area contributed by atoms with Gasteiger partial charge in [-0.3, -0.25) is 9.69 Å². The molecule has 1 atom stereocenters. The van der Waals surface area contributed by atoms with E-state index in [-0.39, 0.29) is 6.04 Å². The van der Waals surface area contributed by atoms with Crippen molar-refractivity contribution in [1.82, 2.24) is 15.1 Å². The number of amides is 1. The molecule has 92 valence electrons. The van der Waals surface area contributed by atoms with Gasteiger partial charge < -0.3 is 10.2 Å². The standard InChI is InChI=1S/C12H23N3O/c1-10(2)9-15-6-3-11(12(15)16)14-7-4-13-5-8-14/h10-11,13H,3-9H2,1-2H3. The minimum Gasteiger partial charge on any atom is -0.341 e. The molecule has 2 fully saturated rings. The van der Waals surface area contributed by atoms with Crippen LogP contribution in [0.5, 0.6) is 0 Å². The highest BCUT2D eigenvalue weighted by atomic mass is 16.2. The van der Waals surface area contributed by atoms with E-state index in [4.69, 9.17) is 0 Å². The second-order valence-corrected chi connectivity index (χ2v) is 5.27. The van der Waals surface area contributed by atoms with Crippen LogP contribution in [0.1, 0.15) is 20.3 Å². The third kappa shape index (κ3) is 2.55. The maximum absolute atomic E-state index is 12.2. The van der Waals surface area contributed by atoms with Gasteiger partial charge in [0.05, 0.1) is 6.04 Å². The van der Waals surface area contributed by atoms with Crippen LogP contribution >= 0.6 is 0 Å². The van der Waals surface area contributed by atoms with E-state index >= 15 is 0 Å². The predicted molar refractivity (Wildman–Crippen MR) is 64.3 cm³/mol. The van der Waals surface area contributed by atoms with Crippen molar-refractivity contribution in [3.05, 3.63) is 0 Å². The summed E-state index contributed by atoms with van der Waals surface area (Å²) in [5, 5.41) is 3.33. The lowest BCUT2D eigenvalue weighted by Gasteiger charge is -2.31. The van der Waals surface area contributed by atoms with E-state index in [0.717, 1.165) is 45.7 Å². The van der Waals surface area contributed by atoms with E-state index < -0.39 is 0 Å². The van der Waals surface area contributed by atoms with Gasteiger partial charge in [-0.15, -0.1) is 0 Å². The quantitative estimate of drug-likeness (QED) is 0.742.